The van der Waals surface area contributed by atoms with Crippen molar-refractivity contribution >= 4 is 17.3 Å². The first kappa shape index (κ1) is 15.3. The third-order valence-electron chi connectivity index (χ3n) is 3.34. The summed E-state index contributed by atoms with van der Waals surface area (Å²) in [6.45, 7) is 4.06. The summed E-state index contributed by atoms with van der Waals surface area (Å²) in [7, 11) is 1.55. The molecule has 0 unspecified atom stereocenters. The highest BCUT2D eigenvalue weighted by atomic mass is 35.5. The molecule has 0 spiro atoms. The molecule has 4 nitrogen and oxygen atoms in total. The van der Waals surface area contributed by atoms with Gasteiger partial charge in [-0.1, -0.05) is 43.6 Å². The molecular formula is C16H16ClNO3. The molecular weight excluding hydrogens is 290 g/mol. The molecule has 0 amide bonds. The van der Waals surface area contributed by atoms with E-state index in [1.54, 1.807) is 25.3 Å². The summed E-state index contributed by atoms with van der Waals surface area (Å²) in [5.74, 6) is 0.767. The molecule has 2 rings (SSSR count). The van der Waals surface area contributed by atoms with Crippen LogP contribution in [0.25, 0.3) is 11.1 Å². The average Bonchev–Trinajstić information content (AvgIpc) is 2.46. The van der Waals surface area contributed by atoms with Crippen molar-refractivity contribution < 1.29 is 9.66 Å². The van der Waals surface area contributed by atoms with Crippen molar-refractivity contribution in [3.05, 3.63) is 57.1 Å². The van der Waals surface area contributed by atoms with Crippen LogP contribution >= 0.6 is 11.6 Å². The third-order valence-corrected chi connectivity index (χ3v) is 3.65. The van der Waals surface area contributed by atoms with Gasteiger partial charge in [-0.25, -0.2) is 0 Å². The summed E-state index contributed by atoms with van der Waals surface area (Å²) < 4.78 is 5.40. The first-order chi connectivity index (χ1) is 9.97. The highest BCUT2D eigenvalue weighted by Gasteiger charge is 2.24. The second-order valence-electron chi connectivity index (χ2n) is 4.97. The van der Waals surface area contributed by atoms with Gasteiger partial charge in [-0.15, -0.1) is 0 Å². The molecule has 0 saturated heterocycles. The molecule has 2 aromatic rings. The number of nitrogens with zero attached hydrogens (tertiary/aromatic N) is 1. The van der Waals surface area contributed by atoms with E-state index in [1.165, 1.54) is 6.07 Å². The van der Waals surface area contributed by atoms with E-state index in [0.717, 1.165) is 5.56 Å². The quantitative estimate of drug-likeness (QED) is 0.587. The molecule has 0 aliphatic heterocycles. The first-order valence-corrected chi connectivity index (χ1v) is 6.95. The molecule has 0 N–H and O–H groups in total. The molecule has 5 heteroatoms. The average molecular weight is 306 g/mol. The fraction of sp³-hybridized carbons (Fsp3) is 0.250. The minimum atomic E-state index is -0.419. The van der Waals surface area contributed by atoms with E-state index in [-0.39, 0.29) is 11.6 Å². The highest BCUT2D eigenvalue weighted by Crippen LogP contribution is 2.44. The van der Waals surface area contributed by atoms with Gasteiger partial charge in [0.1, 0.15) is 5.75 Å². The van der Waals surface area contributed by atoms with Crippen molar-refractivity contribution in [2.75, 3.05) is 7.11 Å². The van der Waals surface area contributed by atoms with Gasteiger partial charge < -0.3 is 4.74 Å². The minimum absolute atomic E-state index is 0.0195. The van der Waals surface area contributed by atoms with Gasteiger partial charge in [-0.05, 0) is 23.6 Å². The predicted molar refractivity (Wildman–Crippen MR) is 84.2 cm³/mol. The van der Waals surface area contributed by atoms with E-state index in [1.807, 2.05) is 26.0 Å². The number of nitro groups is 1. The fourth-order valence-electron chi connectivity index (χ4n) is 2.38. The fourth-order valence-corrected chi connectivity index (χ4v) is 2.64. The Hall–Kier alpha value is -2.07. The number of nitro benzene ring substituents is 1. The molecule has 0 heterocycles. The third kappa shape index (κ3) is 2.85. The van der Waals surface area contributed by atoms with E-state index in [9.17, 15) is 10.1 Å². The van der Waals surface area contributed by atoms with Crippen molar-refractivity contribution in [2.45, 2.75) is 19.8 Å². The van der Waals surface area contributed by atoms with Crippen molar-refractivity contribution in [1.29, 1.82) is 0 Å². The lowest BCUT2D eigenvalue weighted by atomic mass is 9.91. The number of methoxy groups -OCH3 is 1. The minimum Gasteiger partial charge on any atom is -0.496 e. The summed E-state index contributed by atoms with van der Waals surface area (Å²) in [4.78, 5) is 10.9. The van der Waals surface area contributed by atoms with Gasteiger partial charge in [0, 0.05) is 11.6 Å². The van der Waals surface area contributed by atoms with Gasteiger partial charge in [0.05, 0.1) is 22.6 Å². The summed E-state index contributed by atoms with van der Waals surface area (Å²) in [5, 5.41) is 11.7. The van der Waals surface area contributed by atoms with Crippen molar-refractivity contribution in [2.24, 2.45) is 0 Å². The van der Waals surface area contributed by atoms with Crippen molar-refractivity contribution in [1.82, 2.24) is 0 Å². The monoisotopic (exact) mass is 305 g/mol. The van der Waals surface area contributed by atoms with Gasteiger partial charge in [-0.2, -0.15) is 0 Å². The lowest BCUT2D eigenvalue weighted by molar-refractivity contribution is -0.384. The maximum Gasteiger partial charge on any atom is 0.278 e. The van der Waals surface area contributed by atoms with Crippen LogP contribution in [0.5, 0.6) is 5.75 Å². The molecule has 0 radical (unpaired) electrons. The van der Waals surface area contributed by atoms with Crippen LogP contribution in [0, 0.1) is 10.1 Å². The van der Waals surface area contributed by atoms with Crippen LogP contribution < -0.4 is 4.74 Å². The molecule has 0 atom stereocenters. The van der Waals surface area contributed by atoms with Gasteiger partial charge in [0.25, 0.3) is 5.69 Å². The van der Waals surface area contributed by atoms with E-state index in [4.69, 9.17) is 16.3 Å². The summed E-state index contributed by atoms with van der Waals surface area (Å²) >= 11 is 6.25. The Kier molecular flexibility index (Phi) is 4.48. The number of rotatable bonds is 4. The van der Waals surface area contributed by atoms with Crippen LogP contribution in [0.15, 0.2) is 36.4 Å². The number of halogens is 1. The Morgan fingerprint density at radius 1 is 1.14 bits per heavy atom. The molecule has 2 aromatic carbocycles. The molecule has 0 aliphatic carbocycles. The van der Waals surface area contributed by atoms with Crippen molar-refractivity contribution in [3.63, 3.8) is 0 Å². The molecule has 0 saturated carbocycles. The Labute approximate surface area is 128 Å². The second-order valence-corrected chi connectivity index (χ2v) is 5.38. The number of hydrogen-bond acceptors (Lipinski definition) is 3. The second kappa shape index (κ2) is 6.14. The smallest absolute Gasteiger partial charge is 0.278 e. The Morgan fingerprint density at radius 3 is 2.38 bits per heavy atom. The topological polar surface area (TPSA) is 52.4 Å². The summed E-state index contributed by atoms with van der Waals surface area (Å²) in [6.07, 6.45) is 0. The van der Waals surface area contributed by atoms with Crippen molar-refractivity contribution in [3.8, 4) is 16.9 Å². The first-order valence-electron chi connectivity index (χ1n) is 6.57. The Bertz CT molecular complexity index is 683. The normalized spacial score (nSPS) is 10.7. The van der Waals surface area contributed by atoms with E-state index < -0.39 is 4.92 Å². The van der Waals surface area contributed by atoms with Gasteiger partial charge >= 0.3 is 0 Å². The highest BCUT2D eigenvalue weighted by molar-refractivity contribution is 6.34. The molecule has 0 bridgehead atoms. The van der Waals surface area contributed by atoms with E-state index >= 15 is 0 Å². The van der Waals surface area contributed by atoms with Crippen LogP contribution in [0.3, 0.4) is 0 Å². The van der Waals surface area contributed by atoms with Crippen LogP contribution in [0.1, 0.15) is 25.3 Å². The molecule has 0 aliphatic rings. The maximum atomic E-state index is 11.3. The zero-order valence-corrected chi connectivity index (χ0v) is 12.8. The number of hydrogen-bond donors (Lipinski definition) is 0. The molecule has 0 aromatic heterocycles. The van der Waals surface area contributed by atoms with Crippen LogP contribution in [-0.4, -0.2) is 12.0 Å². The predicted octanol–water partition coefficient (Wildman–Crippen LogP) is 5.05. The Morgan fingerprint density at radius 2 is 1.81 bits per heavy atom. The van der Waals surface area contributed by atoms with Gasteiger partial charge in [-0.3, -0.25) is 10.1 Å². The zero-order chi connectivity index (χ0) is 15.6. The lowest BCUT2D eigenvalue weighted by Gasteiger charge is -2.17. The SMILES string of the molecule is COc1cccc(C(C)C)c1-c1c(Cl)cccc1[N+](=O)[O-]. The standard InChI is InChI=1S/C16H16ClNO3/c1-10(2)11-6-4-9-14(21-3)15(11)16-12(17)7-5-8-13(16)18(19)20/h4-10H,1-3H3. The van der Waals surface area contributed by atoms with Crippen LogP contribution in [0.2, 0.25) is 5.02 Å². The lowest BCUT2D eigenvalue weighted by Crippen LogP contribution is -2.00. The Balaban J connectivity index is 2.87. The van der Waals surface area contributed by atoms with Crippen LogP contribution in [-0.2, 0) is 0 Å². The van der Waals surface area contributed by atoms with Gasteiger partial charge in [0.15, 0.2) is 0 Å². The zero-order valence-electron chi connectivity index (χ0n) is 12.1. The maximum absolute atomic E-state index is 11.3. The van der Waals surface area contributed by atoms with E-state index in [2.05, 4.69) is 0 Å². The largest absolute Gasteiger partial charge is 0.496 e. The number of ether oxygens (including phenoxy) is 1. The molecule has 0 fully saturated rings. The summed E-state index contributed by atoms with van der Waals surface area (Å²) in [6, 6.07) is 10.3. The summed E-state index contributed by atoms with van der Waals surface area (Å²) in [5.41, 5.74) is 2.04. The molecule has 110 valence electrons. The van der Waals surface area contributed by atoms with E-state index in [0.29, 0.717) is 21.9 Å². The van der Waals surface area contributed by atoms with Crippen LogP contribution in [0.4, 0.5) is 5.69 Å². The molecule has 21 heavy (non-hydrogen) atoms. The van der Waals surface area contributed by atoms with Gasteiger partial charge in [0.2, 0.25) is 0 Å². The number of benzene rings is 2.